The summed E-state index contributed by atoms with van der Waals surface area (Å²) in [6.07, 6.45) is 7.96. The first-order chi connectivity index (χ1) is 14.3. The minimum atomic E-state index is -0.0161. The Bertz CT molecular complexity index is 959. The van der Waals surface area contributed by atoms with Crippen molar-refractivity contribution < 1.29 is 4.79 Å². The Morgan fingerprint density at radius 3 is 2.58 bits per heavy atom. The van der Waals surface area contributed by atoms with E-state index in [2.05, 4.69) is 31.7 Å². The smallest absolute Gasteiger partial charge is 0.276 e. The predicted molar refractivity (Wildman–Crippen MR) is 122 cm³/mol. The maximum absolute atomic E-state index is 12.8. The molecule has 0 radical (unpaired) electrons. The van der Waals surface area contributed by atoms with E-state index >= 15 is 0 Å². The van der Waals surface area contributed by atoms with Gasteiger partial charge in [-0.1, -0.05) is 11.3 Å². The number of nitrogens with zero attached hydrogens (tertiary/aromatic N) is 7. The highest BCUT2D eigenvalue weighted by Crippen LogP contribution is 2.18. The SMILES string of the molecule is Cl.Cl.O=C(c1cn(C2CCNCC2)nn1)N1CCN(Cc2cn3ccccc3n2)CC1. The second-order valence-corrected chi connectivity index (χ2v) is 7.83. The van der Waals surface area contributed by atoms with E-state index in [1.54, 1.807) is 0 Å². The number of aromatic nitrogens is 5. The van der Waals surface area contributed by atoms with Crippen molar-refractivity contribution >= 4 is 36.4 Å². The van der Waals surface area contributed by atoms with Gasteiger partial charge in [0.1, 0.15) is 5.65 Å². The van der Waals surface area contributed by atoms with Gasteiger partial charge < -0.3 is 14.6 Å². The molecule has 0 aromatic carbocycles. The van der Waals surface area contributed by atoms with E-state index < -0.39 is 0 Å². The van der Waals surface area contributed by atoms with Crippen LogP contribution in [0.15, 0.2) is 36.8 Å². The summed E-state index contributed by atoms with van der Waals surface area (Å²) in [4.78, 5) is 21.7. The number of piperazine rings is 1. The summed E-state index contributed by atoms with van der Waals surface area (Å²) in [5.74, 6) is -0.0161. The van der Waals surface area contributed by atoms with Gasteiger partial charge in [-0.05, 0) is 38.1 Å². The summed E-state index contributed by atoms with van der Waals surface area (Å²) in [6, 6.07) is 6.35. The fourth-order valence-electron chi connectivity index (χ4n) is 4.19. The van der Waals surface area contributed by atoms with Gasteiger partial charge in [0.25, 0.3) is 5.91 Å². The first-order valence-electron chi connectivity index (χ1n) is 10.3. The number of halogens is 2. The molecule has 2 saturated heterocycles. The normalized spacial score (nSPS) is 17.9. The van der Waals surface area contributed by atoms with Crippen LogP contribution in [0.4, 0.5) is 0 Å². The van der Waals surface area contributed by atoms with Gasteiger partial charge in [0.15, 0.2) is 5.69 Å². The summed E-state index contributed by atoms with van der Waals surface area (Å²) < 4.78 is 3.91. The third kappa shape index (κ3) is 5.17. The van der Waals surface area contributed by atoms with Gasteiger partial charge in [0, 0.05) is 45.1 Å². The van der Waals surface area contributed by atoms with Crippen molar-refractivity contribution in [2.45, 2.75) is 25.4 Å². The van der Waals surface area contributed by atoms with Gasteiger partial charge in [-0.25, -0.2) is 9.67 Å². The van der Waals surface area contributed by atoms with Gasteiger partial charge in [0.2, 0.25) is 0 Å². The Hall–Kier alpha value is -2.20. The zero-order valence-electron chi connectivity index (χ0n) is 17.3. The molecule has 0 aliphatic carbocycles. The fraction of sp³-hybridized carbons (Fsp3) is 0.500. The third-order valence-corrected chi connectivity index (χ3v) is 5.87. The molecule has 2 fully saturated rings. The van der Waals surface area contributed by atoms with E-state index in [0.29, 0.717) is 24.8 Å². The molecule has 1 N–H and O–H groups in total. The molecule has 5 rings (SSSR count). The second-order valence-electron chi connectivity index (χ2n) is 7.83. The number of pyridine rings is 1. The number of carbonyl (C=O) groups is 1. The monoisotopic (exact) mass is 466 g/mol. The molecule has 2 aliphatic rings. The van der Waals surface area contributed by atoms with Crippen molar-refractivity contribution in [2.75, 3.05) is 39.3 Å². The van der Waals surface area contributed by atoms with Crippen LogP contribution in [-0.4, -0.2) is 79.4 Å². The number of carbonyl (C=O) groups excluding carboxylic acids is 1. The first-order valence-corrected chi connectivity index (χ1v) is 10.3. The molecule has 1 amide bonds. The van der Waals surface area contributed by atoms with Crippen LogP contribution >= 0.6 is 24.8 Å². The van der Waals surface area contributed by atoms with Crippen LogP contribution < -0.4 is 5.32 Å². The zero-order valence-corrected chi connectivity index (χ0v) is 18.9. The lowest BCUT2D eigenvalue weighted by Gasteiger charge is -2.33. The predicted octanol–water partition coefficient (Wildman–Crippen LogP) is 1.65. The van der Waals surface area contributed by atoms with Crippen LogP contribution in [0.5, 0.6) is 0 Å². The summed E-state index contributed by atoms with van der Waals surface area (Å²) in [5.41, 5.74) is 2.48. The van der Waals surface area contributed by atoms with Crippen LogP contribution in [0.1, 0.15) is 35.1 Å². The Morgan fingerprint density at radius 1 is 1.06 bits per heavy atom. The Labute approximate surface area is 193 Å². The average Bonchev–Trinajstić information content (AvgIpc) is 3.41. The van der Waals surface area contributed by atoms with Crippen LogP contribution in [0.3, 0.4) is 0 Å². The summed E-state index contributed by atoms with van der Waals surface area (Å²) in [5, 5.41) is 11.7. The highest BCUT2D eigenvalue weighted by Gasteiger charge is 2.25. The fourth-order valence-corrected chi connectivity index (χ4v) is 4.19. The quantitative estimate of drug-likeness (QED) is 0.629. The van der Waals surface area contributed by atoms with Crippen molar-refractivity contribution in [1.82, 2.24) is 39.5 Å². The van der Waals surface area contributed by atoms with Crippen LogP contribution in [0.2, 0.25) is 0 Å². The van der Waals surface area contributed by atoms with E-state index in [-0.39, 0.29) is 30.7 Å². The summed E-state index contributed by atoms with van der Waals surface area (Å²) in [6.45, 7) is 5.85. The molecule has 31 heavy (non-hydrogen) atoms. The number of amides is 1. The molecule has 0 saturated carbocycles. The largest absolute Gasteiger partial charge is 0.335 e. The number of hydrogen-bond donors (Lipinski definition) is 1. The molecule has 2 aliphatic heterocycles. The topological polar surface area (TPSA) is 83.6 Å². The summed E-state index contributed by atoms with van der Waals surface area (Å²) >= 11 is 0. The molecule has 9 nitrogen and oxygen atoms in total. The Morgan fingerprint density at radius 2 is 1.84 bits per heavy atom. The van der Waals surface area contributed by atoms with Crippen molar-refractivity contribution in [3.05, 3.63) is 48.2 Å². The zero-order chi connectivity index (χ0) is 19.6. The number of piperidine rings is 1. The van der Waals surface area contributed by atoms with E-state index in [1.807, 2.05) is 44.6 Å². The van der Waals surface area contributed by atoms with Crippen LogP contribution in [0, 0.1) is 0 Å². The minimum absolute atomic E-state index is 0. The maximum atomic E-state index is 12.8. The average molecular weight is 467 g/mol. The number of rotatable bonds is 4. The number of hydrogen-bond acceptors (Lipinski definition) is 6. The molecule has 0 atom stereocenters. The van der Waals surface area contributed by atoms with Crippen molar-refractivity contribution in [3.8, 4) is 0 Å². The molecule has 5 heterocycles. The van der Waals surface area contributed by atoms with Gasteiger partial charge in [-0.15, -0.1) is 29.9 Å². The molecule has 3 aromatic heterocycles. The van der Waals surface area contributed by atoms with Gasteiger partial charge in [-0.3, -0.25) is 9.69 Å². The number of fused-ring (bicyclic) bond motifs is 1. The number of imidazole rings is 1. The van der Waals surface area contributed by atoms with E-state index in [4.69, 9.17) is 0 Å². The highest BCUT2D eigenvalue weighted by atomic mass is 35.5. The Balaban J connectivity index is 0.00000136. The lowest BCUT2D eigenvalue weighted by molar-refractivity contribution is 0.0621. The minimum Gasteiger partial charge on any atom is -0.335 e. The molecule has 0 bridgehead atoms. The maximum Gasteiger partial charge on any atom is 0.276 e. The standard InChI is InChI=1S/C20H26N8O.2ClH/c29-20(18-15-28(24-23-18)17-4-6-21-7-5-17)26-11-9-25(10-12-26)13-16-14-27-8-2-1-3-19(27)22-16;;/h1-3,8,14-15,17,21H,4-7,9-13H2;2*1H. The van der Waals surface area contributed by atoms with E-state index in [0.717, 1.165) is 56.9 Å². The lowest BCUT2D eigenvalue weighted by atomic mass is 10.1. The highest BCUT2D eigenvalue weighted by molar-refractivity contribution is 5.92. The molecule has 11 heteroatoms. The van der Waals surface area contributed by atoms with Crippen molar-refractivity contribution in [3.63, 3.8) is 0 Å². The van der Waals surface area contributed by atoms with E-state index in [9.17, 15) is 4.79 Å². The van der Waals surface area contributed by atoms with Crippen LogP contribution in [0.25, 0.3) is 5.65 Å². The molecule has 0 unspecified atom stereocenters. The van der Waals surface area contributed by atoms with Gasteiger partial charge in [-0.2, -0.15) is 0 Å². The molecular weight excluding hydrogens is 439 g/mol. The van der Waals surface area contributed by atoms with Crippen molar-refractivity contribution in [1.29, 1.82) is 0 Å². The number of nitrogens with one attached hydrogen (secondary N) is 1. The van der Waals surface area contributed by atoms with Crippen LogP contribution in [-0.2, 0) is 6.54 Å². The molecular formula is C20H28Cl2N8O. The van der Waals surface area contributed by atoms with E-state index in [1.165, 1.54) is 0 Å². The first kappa shape index (κ1) is 23.5. The molecule has 3 aromatic rings. The third-order valence-electron chi connectivity index (χ3n) is 5.87. The Kier molecular flexibility index (Phi) is 7.88. The summed E-state index contributed by atoms with van der Waals surface area (Å²) in [7, 11) is 0. The molecule has 168 valence electrons. The van der Waals surface area contributed by atoms with Gasteiger partial charge in [0.05, 0.1) is 17.9 Å². The second kappa shape index (κ2) is 10.4. The molecule has 0 spiro atoms. The lowest BCUT2D eigenvalue weighted by Crippen LogP contribution is -2.48. The van der Waals surface area contributed by atoms with Crippen molar-refractivity contribution in [2.24, 2.45) is 0 Å². The van der Waals surface area contributed by atoms with Gasteiger partial charge >= 0.3 is 0 Å².